The molecule has 2 nitrogen and oxygen atoms in total. The predicted molar refractivity (Wildman–Crippen MR) is 79.3 cm³/mol. The van der Waals surface area contributed by atoms with E-state index in [1.165, 1.54) is 12.1 Å². The van der Waals surface area contributed by atoms with Gasteiger partial charge in [-0.15, -0.1) is 0 Å². The molecule has 2 aromatic rings. The van der Waals surface area contributed by atoms with Crippen molar-refractivity contribution in [3.05, 3.63) is 68.7 Å². The quantitative estimate of drug-likeness (QED) is 0.635. The zero-order valence-electron chi connectivity index (χ0n) is 10.3. The summed E-state index contributed by atoms with van der Waals surface area (Å²) in [5, 5.41) is 0.499. The molecule has 0 aromatic heterocycles. The van der Waals surface area contributed by atoms with E-state index in [1.807, 2.05) is 6.07 Å². The lowest BCUT2D eigenvalue weighted by molar-refractivity contribution is 0.481. The van der Waals surface area contributed by atoms with Crippen LogP contribution >= 0.6 is 27.5 Å². The SMILES string of the molecule is NNC(Cc1cccc(F)c1F)c1c(Cl)cccc1Br. The zero-order valence-corrected chi connectivity index (χ0v) is 12.7. The molecule has 0 aliphatic carbocycles. The number of hydrogen-bond donors (Lipinski definition) is 2. The lowest BCUT2D eigenvalue weighted by atomic mass is 9.99. The highest BCUT2D eigenvalue weighted by Crippen LogP contribution is 2.32. The van der Waals surface area contributed by atoms with Crippen molar-refractivity contribution in [1.29, 1.82) is 0 Å². The van der Waals surface area contributed by atoms with Crippen LogP contribution < -0.4 is 11.3 Å². The van der Waals surface area contributed by atoms with Crippen LogP contribution in [-0.2, 0) is 6.42 Å². The van der Waals surface area contributed by atoms with Gasteiger partial charge < -0.3 is 0 Å². The van der Waals surface area contributed by atoms with Crippen molar-refractivity contribution in [3.8, 4) is 0 Å². The first-order valence-corrected chi connectivity index (χ1v) is 7.04. The van der Waals surface area contributed by atoms with Gasteiger partial charge in [0.15, 0.2) is 11.6 Å². The topological polar surface area (TPSA) is 38.0 Å². The number of nitrogens with two attached hydrogens (primary N) is 1. The maximum absolute atomic E-state index is 13.7. The molecule has 0 radical (unpaired) electrons. The molecule has 0 saturated heterocycles. The summed E-state index contributed by atoms with van der Waals surface area (Å²) in [7, 11) is 0. The maximum Gasteiger partial charge on any atom is 0.162 e. The van der Waals surface area contributed by atoms with E-state index in [-0.39, 0.29) is 12.0 Å². The first-order valence-electron chi connectivity index (χ1n) is 5.87. The van der Waals surface area contributed by atoms with Crippen molar-refractivity contribution in [2.45, 2.75) is 12.5 Å². The van der Waals surface area contributed by atoms with Crippen molar-refractivity contribution < 1.29 is 8.78 Å². The van der Waals surface area contributed by atoms with E-state index in [0.717, 1.165) is 10.5 Å². The highest BCUT2D eigenvalue weighted by atomic mass is 79.9. The van der Waals surface area contributed by atoms with Crippen molar-refractivity contribution in [3.63, 3.8) is 0 Å². The molecular formula is C14H12BrClF2N2. The summed E-state index contributed by atoms with van der Waals surface area (Å²) in [5.41, 5.74) is 3.54. The smallest absolute Gasteiger partial charge is 0.162 e. The molecule has 2 aromatic carbocycles. The summed E-state index contributed by atoms with van der Waals surface area (Å²) in [6, 6.07) is 8.94. The molecule has 3 N–H and O–H groups in total. The third-order valence-electron chi connectivity index (χ3n) is 3.00. The number of hydrazine groups is 1. The molecule has 6 heteroatoms. The predicted octanol–water partition coefficient (Wildman–Crippen LogP) is 4.13. The summed E-state index contributed by atoms with van der Waals surface area (Å²) in [5.74, 6) is 3.79. The van der Waals surface area contributed by atoms with E-state index >= 15 is 0 Å². The third kappa shape index (κ3) is 3.17. The Morgan fingerprint density at radius 1 is 1.20 bits per heavy atom. The second-order valence-electron chi connectivity index (χ2n) is 4.27. The Kier molecular flexibility index (Phi) is 5.10. The average molecular weight is 362 g/mol. The molecule has 106 valence electrons. The number of benzene rings is 2. The van der Waals surface area contributed by atoms with Gasteiger partial charge >= 0.3 is 0 Å². The number of hydrogen-bond acceptors (Lipinski definition) is 2. The Hall–Kier alpha value is -1.01. The first kappa shape index (κ1) is 15.4. The normalized spacial score (nSPS) is 12.4. The van der Waals surface area contributed by atoms with E-state index in [9.17, 15) is 8.78 Å². The first-order chi connectivity index (χ1) is 9.54. The summed E-state index contributed by atoms with van der Waals surface area (Å²) in [6.07, 6.45) is 0.183. The van der Waals surface area contributed by atoms with Gasteiger partial charge in [0.2, 0.25) is 0 Å². The van der Waals surface area contributed by atoms with E-state index < -0.39 is 17.7 Å². The van der Waals surface area contributed by atoms with Crippen molar-refractivity contribution in [2.24, 2.45) is 5.84 Å². The van der Waals surface area contributed by atoms with Crippen LogP contribution in [0.2, 0.25) is 5.02 Å². The standard InChI is InChI=1S/C14H12BrClF2N2/c15-9-4-2-5-10(16)13(9)12(20-19)7-8-3-1-6-11(17)14(8)18/h1-6,12,20H,7,19H2. The van der Waals surface area contributed by atoms with Gasteiger partial charge in [0.1, 0.15) is 0 Å². The largest absolute Gasteiger partial charge is 0.271 e. The van der Waals surface area contributed by atoms with Crippen molar-refractivity contribution in [2.75, 3.05) is 0 Å². The Bertz CT molecular complexity index is 602. The Morgan fingerprint density at radius 2 is 1.90 bits per heavy atom. The highest BCUT2D eigenvalue weighted by molar-refractivity contribution is 9.10. The fourth-order valence-corrected chi connectivity index (χ4v) is 3.08. The molecule has 20 heavy (non-hydrogen) atoms. The minimum absolute atomic E-state index is 0.183. The third-order valence-corrected chi connectivity index (χ3v) is 4.03. The van der Waals surface area contributed by atoms with Crippen LogP contribution in [0, 0.1) is 11.6 Å². The van der Waals surface area contributed by atoms with Crippen LogP contribution in [0.1, 0.15) is 17.2 Å². The van der Waals surface area contributed by atoms with Gasteiger partial charge in [0, 0.05) is 15.1 Å². The fourth-order valence-electron chi connectivity index (χ4n) is 2.01. The molecule has 0 fully saturated rings. The van der Waals surface area contributed by atoms with Gasteiger partial charge in [-0.05, 0) is 30.2 Å². The Balaban J connectivity index is 2.37. The maximum atomic E-state index is 13.7. The van der Waals surface area contributed by atoms with Crippen molar-refractivity contribution >= 4 is 27.5 Å². The van der Waals surface area contributed by atoms with Crippen LogP contribution in [0.4, 0.5) is 8.78 Å². The molecule has 0 heterocycles. The summed E-state index contributed by atoms with van der Waals surface area (Å²) >= 11 is 9.53. The molecule has 0 saturated carbocycles. The van der Waals surface area contributed by atoms with Gasteiger partial charge in [-0.1, -0.05) is 45.7 Å². The Morgan fingerprint density at radius 3 is 2.55 bits per heavy atom. The highest BCUT2D eigenvalue weighted by Gasteiger charge is 2.19. The average Bonchev–Trinajstić information content (AvgIpc) is 2.42. The zero-order chi connectivity index (χ0) is 14.7. The minimum Gasteiger partial charge on any atom is -0.271 e. The summed E-state index contributed by atoms with van der Waals surface area (Å²) < 4.78 is 27.7. The lowest BCUT2D eigenvalue weighted by Gasteiger charge is -2.19. The van der Waals surface area contributed by atoms with E-state index in [2.05, 4.69) is 21.4 Å². The van der Waals surface area contributed by atoms with Gasteiger partial charge in [-0.25, -0.2) is 8.78 Å². The number of nitrogens with one attached hydrogen (secondary N) is 1. The molecule has 2 rings (SSSR count). The van der Waals surface area contributed by atoms with Crippen LogP contribution in [0.3, 0.4) is 0 Å². The molecule has 0 bridgehead atoms. The molecule has 1 unspecified atom stereocenters. The molecule has 0 spiro atoms. The number of rotatable bonds is 4. The fraction of sp³-hybridized carbons (Fsp3) is 0.143. The monoisotopic (exact) mass is 360 g/mol. The van der Waals surface area contributed by atoms with E-state index in [0.29, 0.717) is 10.6 Å². The van der Waals surface area contributed by atoms with Crippen molar-refractivity contribution in [1.82, 2.24) is 5.43 Å². The minimum atomic E-state index is -0.878. The van der Waals surface area contributed by atoms with Crippen LogP contribution in [-0.4, -0.2) is 0 Å². The second kappa shape index (κ2) is 6.63. The number of halogens is 4. The molecule has 0 aliphatic rings. The van der Waals surface area contributed by atoms with E-state index in [4.69, 9.17) is 17.4 Å². The Labute approximate surface area is 129 Å². The van der Waals surface area contributed by atoms with Gasteiger partial charge in [0.25, 0.3) is 0 Å². The summed E-state index contributed by atoms with van der Waals surface area (Å²) in [6.45, 7) is 0. The molecule has 0 aliphatic heterocycles. The summed E-state index contributed by atoms with van der Waals surface area (Å²) in [4.78, 5) is 0. The van der Waals surface area contributed by atoms with Gasteiger partial charge in [-0.3, -0.25) is 11.3 Å². The van der Waals surface area contributed by atoms with Crippen LogP contribution in [0.25, 0.3) is 0 Å². The van der Waals surface area contributed by atoms with Crippen LogP contribution in [0.5, 0.6) is 0 Å². The molecule has 1 atom stereocenters. The molecule has 0 amide bonds. The lowest BCUT2D eigenvalue weighted by Crippen LogP contribution is -2.30. The van der Waals surface area contributed by atoms with E-state index in [1.54, 1.807) is 12.1 Å². The van der Waals surface area contributed by atoms with Gasteiger partial charge in [-0.2, -0.15) is 0 Å². The van der Waals surface area contributed by atoms with Gasteiger partial charge in [0.05, 0.1) is 6.04 Å². The molecular weight excluding hydrogens is 350 g/mol. The van der Waals surface area contributed by atoms with Crippen LogP contribution in [0.15, 0.2) is 40.9 Å². The second-order valence-corrected chi connectivity index (χ2v) is 5.53.